The van der Waals surface area contributed by atoms with Crippen molar-refractivity contribution < 1.29 is 32.3 Å². The van der Waals surface area contributed by atoms with Gasteiger partial charge in [-0.25, -0.2) is 4.39 Å². The number of carboxylic acid groups (broad SMARTS) is 1. The fraction of sp³-hybridized carbons (Fsp3) is 0.562. The number of hydrogen-bond donors (Lipinski definition) is 1. The topological polar surface area (TPSA) is 57.6 Å². The van der Waals surface area contributed by atoms with Crippen LogP contribution >= 0.6 is 11.6 Å². The van der Waals surface area contributed by atoms with E-state index in [2.05, 4.69) is 0 Å². The van der Waals surface area contributed by atoms with E-state index < -0.39 is 34.2 Å². The van der Waals surface area contributed by atoms with Crippen molar-refractivity contribution in [1.29, 1.82) is 0 Å². The molecule has 2 aliphatic carbocycles. The number of aryl methyl sites for hydroxylation is 1. The first-order valence-corrected chi connectivity index (χ1v) is 14.8. The van der Waals surface area contributed by atoms with Crippen molar-refractivity contribution in [2.24, 2.45) is 11.3 Å². The number of alkyl halides is 4. The molecule has 2 fully saturated rings. The number of nitrogens with zero attached hydrogens (tertiary/aromatic N) is 1. The van der Waals surface area contributed by atoms with Crippen molar-refractivity contribution in [3.8, 4) is 0 Å². The molecule has 1 aliphatic heterocycles. The van der Waals surface area contributed by atoms with Gasteiger partial charge in [0, 0.05) is 28.9 Å². The van der Waals surface area contributed by atoms with Crippen LogP contribution in [-0.4, -0.2) is 40.6 Å². The largest absolute Gasteiger partial charge is 0.481 e. The van der Waals surface area contributed by atoms with Gasteiger partial charge in [0.05, 0.1) is 5.41 Å². The van der Waals surface area contributed by atoms with Crippen LogP contribution in [0.1, 0.15) is 81.0 Å². The number of fused-ring (bicyclic) bond motifs is 3. The number of carbonyl (C=O) groups is 2. The highest BCUT2D eigenvalue weighted by atomic mass is 35.5. The van der Waals surface area contributed by atoms with Crippen LogP contribution in [-0.2, 0) is 33.5 Å². The molecule has 0 spiro atoms. The molecular weight excluding hydrogens is 558 g/mol. The Balaban J connectivity index is 1.48. The number of rotatable bonds is 6. The van der Waals surface area contributed by atoms with Crippen LogP contribution < -0.4 is 0 Å². The molecule has 3 aliphatic rings. The normalized spacial score (nSPS) is 29.4. The van der Waals surface area contributed by atoms with E-state index in [9.17, 15) is 32.3 Å². The van der Waals surface area contributed by atoms with Gasteiger partial charge in [-0.15, -0.1) is 0 Å². The van der Waals surface area contributed by atoms with Crippen molar-refractivity contribution in [3.63, 3.8) is 0 Å². The number of amides is 1. The summed E-state index contributed by atoms with van der Waals surface area (Å²) in [6.45, 7) is 2.95. The van der Waals surface area contributed by atoms with E-state index in [0.29, 0.717) is 81.8 Å². The fourth-order valence-corrected chi connectivity index (χ4v) is 7.75. The monoisotopic (exact) mass is 593 g/mol. The van der Waals surface area contributed by atoms with Crippen LogP contribution in [0.15, 0.2) is 42.5 Å². The summed E-state index contributed by atoms with van der Waals surface area (Å²) in [5.41, 5.74) is -2.61. The molecule has 3 unspecified atom stereocenters. The molecule has 41 heavy (non-hydrogen) atoms. The number of carboxylic acids is 1. The molecule has 0 bridgehead atoms. The van der Waals surface area contributed by atoms with Crippen molar-refractivity contribution >= 4 is 23.5 Å². The lowest BCUT2D eigenvalue weighted by Gasteiger charge is -2.45. The van der Waals surface area contributed by atoms with Gasteiger partial charge < -0.3 is 10.0 Å². The predicted molar refractivity (Wildman–Crippen MR) is 149 cm³/mol. The summed E-state index contributed by atoms with van der Waals surface area (Å²) in [7, 11) is 0. The second kappa shape index (κ2) is 10.6. The van der Waals surface area contributed by atoms with Gasteiger partial charge in [-0.2, -0.15) is 13.2 Å². The molecule has 1 saturated heterocycles. The Morgan fingerprint density at radius 3 is 2.27 bits per heavy atom. The molecule has 1 amide bonds. The summed E-state index contributed by atoms with van der Waals surface area (Å²) < 4.78 is 55.5. The first kappa shape index (κ1) is 29.9. The van der Waals surface area contributed by atoms with E-state index in [4.69, 9.17) is 11.6 Å². The fourth-order valence-electron chi connectivity index (χ4n) is 7.62. The van der Waals surface area contributed by atoms with Crippen LogP contribution in [0.4, 0.5) is 17.6 Å². The standard InChI is InChI=1S/C32H36ClF4NO3/c1-3-30(28(40)41)14-12-21(13-15-30)27(39)38-17-16-31(19-20-4-8-24(33)9-5-20)25-10-7-23(29(2,34)32(35,36)37)18-22(25)6-11-26(31)38/h4-5,7-10,18,21,26H,3,6,11-17,19H2,1-2H3,(H,40,41). The predicted octanol–water partition coefficient (Wildman–Crippen LogP) is 7.79. The highest BCUT2D eigenvalue weighted by molar-refractivity contribution is 6.30. The second-order valence-corrected chi connectivity index (χ2v) is 12.8. The number of aliphatic carboxylic acids is 1. The molecule has 5 rings (SSSR count). The first-order valence-electron chi connectivity index (χ1n) is 14.4. The van der Waals surface area contributed by atoms with Gasteiger partial charge in [-0.05, 0) is 99.1 Å². The Bertz CT molecular complexity index is 1320. The molecule has 3 atom stereocenters. The smallest absolute Gasteiger partial charge is 0.426 e. The Labute approximate surface area is 243 Å². The molecule has 1 N–H and O–H groups in total. The van der Waals surface area contributed by atoms with Gasteiger partial charge in [-0.1, -0.05) is 48.9 Å². The minimum Gasteiger partial charge on any atom is -0.481 e. The van der Waals surface area contributed by atoms with Gasteiger partial charge in [0.15, 0.2) is 0 Å². The van der Waals surface area contributed by atoms with E-state index in [1.807, 2.05) is 24.0 Å². The lowest BCUT2D eigenvalue weighted by atomic mass is 9.63. The SMILES string of the molecule is CCC1(C(=O)O)CCC(C(=O)N2CCC3(Cc4ccc(Cl)cc4)c4ccc(C(C)(F)C(F)(F)F)cc4CCC23)CC1. The summed E-state index contributed by atoms with van der Waals surface area (Å²) in [4.78, 5) is 27.8. The van der Waals surface area contributed by atoms with Crippen LogP contribution in [0.25, 0.3) is 0 Å². The minimum absolute atomic E-state index is 0.0385. The first-order chi connectivity index (χ1) is 19.2. The van der Waals surface area contributed by atoms with Crippen molar-refractivity contribution in [1.82, 2.24) is 4.90 Å². The number of carbonyl (C=O) groups excluding carboxylic acids is 1. The Hall–Kier alpha value is -2.61. The number of halogens is 5. The zero-order valence-electron chi connectivity index (χ0n) is 23.4. The van der Waals surface area contributed by atoms with Crippen LogP contribution in [0.2, 0.25) is 5.02 Å². The highest BCUT2D eigenvalue weighted by Crippen LogP contribution is 2.52. The van der Waals surface area contributed by atoms with Crippen molar-refractivity contribution in [3.05, 3.63) is 69.7 Å². The summed E-state index contributed by atoms with van der Waals surface area (Å²) >= 11 is 6.13. The molecular formula is C32H36ClF4NO3. The van der Waals surface area contributed by atoms with E-state index in [0.717, 1.165) is 11.1 Å². The lowest BCUT2D eigenvalue weighted by Crippen LogP contribution is -2.51. The average molecular weight is 594 g/mol. The molecule has 1 saturated carbocycles. The molecule has 0 radical (unpaired) electrons. The minimum atomic E-state index is -5.04. The van der Waals surface area contributed by atoms with Gasteiger partial charge in [0.1, 0.15) is 0 Å². The number of benzene rings is 2. The summed E-state index contributed by atoms with van der Waals surface area (Å²) in [5.74, 6) is -1.01. The van der Waals surface area contributed by atoms with E-state index >= 15 is 0 Å². The van der Waals surface area contributed by atoms with E-state index in [1.165, 1.54) is 12.1 Å². The molecule has 2 aromatic carbocycles. The van der Waals surface area contributed by atoms with E-state index in [-0.39, 0.29) is 17.9 Å². The van der Waals surface area contributed by atoms with Crippen LogP contribution in [0.5, 0.6) is 0 Å². The highest BCUT2D eigenvalue weighted by Gasteiger charge is 2.56. The van der Waals surface area contributed by atoms with Gasteiger partial charge in [0.25, 0.3) is 0 Å². The van der Waals surface area contributed by atoms with Crippen molar-refractivity contribution in [2.45, 2.75) is 94.9 Å². The van der Waals surface area contributed by atoms with E-state index in [1.54, 1.807) is 18.2 Å². The van der Waals surface area contributed by atoms with Crippen LogP contribution in [0.3, 0.4) is 0 Å². The maximum atomic E-state index is 14.9. The molecule has 2 aromatic rings. The maximum absolute atomic E-state index is 14.9. The van der Waals surface area contributed by atoms with Crippen LogP contribution in [0, 0.1) is 11.3 Å². The third kappa shape index (κ3) is 5.04. The maximum Gasteiger partial charge on any atom is 0.426 e. The van der Waals surface area contributed by atoms with Crippen molar-refractivity contribution in [2.75, 3.05) is 6.54 Å². The molecule has 1 heterocycles. The number of likely N-dealkylation sites (tertiary alicyclic amines) is 1. The van der Waals surface area contributed by atoms with Gasteiger partial charge in [0.2, 0.25) is 11.6 Å². The summed E-state index contributed by atoms with van der Waals surface area (Å²) in [5, 5.41) is 10.4. The zero-order valence-corrected chi connectivity index (χ0v) is 24.1. The quantitative estimate of drug-likeness (QED) is 0.348. The second-order valence-electron chi connectivity index (χ2n) is 12.4. The molecule has 4 nitrogen and oxygen atoms in total. The third-order valence-corrected chi connectivity index (χ3v) is 10.6. The Kier molecular flexibility index (Phi) is 7.71. The average Bonchev–Trinajstić information content (AvgIpc) is 3.32. The third-order valence-electron chi connectivity index (χ3n) is 10.4. The molecule has 222 valence electrons. The molecule has 9 heteroatoms. The van der Waals surface area contributed by atoms with Gasteiger partial charge in [-0.3, -0.25) is 9.59 Å². The summed E-state index contributed by atoms with van der Waals surface area (Å²) in [6, 6.07) is 11.6. The number of hydrogen-bond acceptors (Lipinski definition) is 2. The Morgan fingerprint density at radius 2 is 1.68 bits per heavy atom. The summed E-state index contributed by atoms with van der Waals surface area (Å²) in [6.07, 6.45) is -0.311. The Morgan fingerprint density at radius 1 is 1.02 bits per heavy atom. The zero-order chi connectivity index (χ0) is 29.8. The lowest BCUT2D eigenvalue weighted by molar-refractivity contribution is -0.228. The van der Waals surface area contributed by atoms with Gasteiger partial charge >= 0.3 is 12.1 Å². The molecule has 0 aromatic heterocycles.